The molecule has 20 heavy (non-hydrogen) atoms. The largest absolute Gasteiger partial charge is 0.478 e. The zero-order valence-electron chi connectivity index (χ0n) is 10.4. The van der Waals surface area contributed by atoms with Crippen molar-refractivity contribution in [3.63, 3.8) is 0 Å². The highest BCUT2D eigenvalue weighted by Gasteiger charge is 2.30. The Balaban J connectivity index is 2.56. The number of nitrogens with zero attached hydrogens (tertiary/aromatic N) is 2. The molecule has 0 bridgehead atoms. The highest BCUT2D eigenvalue weighted by atomic mass is 32.2. The van der Waals surface area contributed by atoms with Gasteiger partial charge in [0, 0.05) is 18.7 Å². The summed E-state index contributed by atoms with van der Waals surface area (Å²) in [6.45, 7) is 0.181. The molecule has 1 fully saturated rings. The monoisotopic (exact) mass is 300 g/mol. The van der Waals surface area contributed by atoms with E-state index in [2.05, 4.69) is 0 Å². The van der Waals surface area contributed by atoms with Crippen LogP contribution in [-0.2, 0) is 10.0 Å². The summed E-state index contributed by atoms with van der Waals surface area (Å²) in [5.74, 6) is -1.45. The Kier molecular flexibility index (Phi) is 3.62. The zero-order valence-corrected chi connectivity index (χ0v) is 11.2. The van der Waals surface area contributed by atoms with Gasteiger partial charge in [-0.15, -0.1) is 0 Å². The van der Waals surface area contributed by atoms with Crippen LogP contribution in [0.25, 0.3) is 0 Å². The molecule has 0 atom stereocenters. The van der Waals surface area contributed by atoms with Crippen LogP contribution in [0.2, 0.25) is 0 Å². The fraction of sp³-hybridized carbons (Fsp3) is 0.364. The normalized spacial score (nSPS) is 17.7. The number of anilines is 1. The van der Waals surface area contributed by atoms with E-state index in [0.29, 0.717) is 12.8 Å². The summed E-state index contributed by atoms with van der Waals surface area (Å²) in [6, 6.07) is 3.15. The van der Waals surface area contributed by atoms with Crippen LogP contribution in [0.3, 0.4) is 0 Å². The van der Waals surface area contributed by atoms with Crippen molar-refractivity contribution < 1.29 is 23.2 Å². The zero-order chi connectivity index (χ0) is 14.9. The molecule has 0 aliphatic carbocycles. The SMILES string of the molecule is O=C(O)c1cc([N+](=O)[O-])ccc1N1CCCCS1(=O)=O. The Morgan fingerprint density at radius 3 is 2.60 bits per heavy atom. The summed E-state index contributed by atoms with van der Waals surface area (Å²) in [5.41, 5.74) is -0.798. The predicted molar refractivity (Wildman–Crippen MR) is 70.4 cm³/mol. The summed E-state index contributed by atoms with van der Waals surface area (Å²) in [5, 5.41) is 19.8. The van der Waals surface area contributed by atoms with Gasteiger partial charge in [-0.2, -0.15) is 0 Å². The van der Waals surface area contributed by atoms with Gasteiger partial charge in [-0.05, 0) is 18.9 Å². The van der Waals surface area contributed by atoms with Gasteiger partial charge in [-0.25, -0.2) is 13.2 Å². The maximum atomic E-state index is 12.0. The first-order valence-corrected chi connectivity index (χ1v) is 7.46. The quantitative estimate of drug-likeness (QED) is 0.662. The number of aromatic carboxylic acids is 1. The first-order valence-electron chi connectivity index (χ1n) is 5.85. The topological polar surface area (TPSA) is 118 Å². The van der Waals surface area contributed by atoms with Crippen LogP contribution < -0.4 is 4.31 Å². The molecule has 0 spiro atoms. The fourth-order valence-electron chi connectivity index (χ4n) is 2.09. The lowest BCUT2D eigenvalue weighted by molar-refractivity contribution is -0.384. The molecule has 0 unspecified atom stereocenters. The maximum Gasteiger partial charge on any atom is 0.338 e. The summed E-state index contributed by atoms with van der Waals surface area (Å²) in [6.07, 6.45) is 1.14. The second kappa shape index (κ2) is 5.08. The predicted octanol–water partition coefficient (Wildman–Crippen LogP) is 1.22. The minimum Gasteiger partial charge on any atom is -0.478 e. The number of nitro benzene ring substituents is 1. The van der Waals surface area contributed by atoms with Crippen LogP contribution in [-0.4, -0.2) is 36.7 Å². The molecule has 2 rings (SSSR count). The third-order valence-corrected chi connectivity index (χ3v) is 4.89. The standard InChI is InChI=1S/C11H12N2O6S/c14-11(15)9-7-8(13(16)17)3-4-10(9)12-5-1-2-6-20(12,18)19/h3-4,7H,1-2,5-6H2,(H,14,15). The highest BCUT2D eigenvalue weighted by Crippen LogP contribution is 2.30. The van der Waals surface area contributed by atoms with Crippen molar-refractivity contribution in [2.75, 3.05) is 16.6 Å². The number of hydrogen-bond acceptors (Lipinski definition) is 5. The average molecular weight is 300 g/mol. The molecule has 0 saturated carbocycles. The van der Waals surface area contributed by atoms with Gasteiger partial charge in [-0.3, -0.25) is 14.4 Å². The third-order valence-electron chi connectivity index (χ3n) is 3.04. The fourth-order valence-corrected chi connectivity index (χ4v) is 3.74. The Hall–Kier alpha value is -2.16. The van der Waals surface area contributed by atoms with E-state index in [9.17, 15) is 23.3 Å². The van der Waals surface area contributed by atoms with E-state index in [1.165, 1.54) is 6.07 Å². The molecule has 108 valence electrons. The smallest absolute Gasteiger partial charge is 0.338 e. The molecule has 1 aromatic carbocycles. The van der Waals surface area contributed by atoms with E-state index >= 15 is 0 Å². The Morgan fingerprint density at radius 2 is 2.05 bits per heavy atom. The van der Waals surface area contributed by atoms with Gasteiger partial charge in [-0.1, -0.05) is 0 Å². The highest BCUT2D eigenvalue weighted by molar-refractivity contribution is 7.92. The van der Waals surface area contributed by atoms with Gasteiger partial charge in [0.05, 0.1) is 21.9 Å². The van der Waals surface area contributed by atoms with Crippen LogP contribution in [0.5, 0.6) is 0 Å². The summed E-state index contributed by atoms with van der Waals surface area (Å²) < 4.78 is 25.0. The summed E-state index contributed by atoms with van der Waals surface area (Å²) >= 11 is 0. The van der Waals surface area contributed by atoms with Crippen LogP contribution in [0.1, 0.15) is 23.2 Å². The summed E-state index contributed by atoms with van der Waals surface area (Å²) in [4.78, 5) is 21.2. The Morgan fingerprint density at radius 1 is 1.35 bits per heavy atom. The number of rotatable bonds is 3. The van der Waals surface area contributed by atoms with Crippen molar-refractivity contribution >= 4 is 27.4 Å². The molecule has 0 radical (unpaired) electrons. The van der Waals surface area contributed by atoms with Crippen molar-refractivity contribution in [2.45, 2.75) is 12.8 Å². The van der Waals surface area contributed by atoms with Crippen LogP contribution in [0.15, 0.2) is 18.2 Å². The van der Waals surface area contributed by atoms with Gasteiger partial charge >= 0.3 is 5.97 Å². The first kappa shape index (κ1) is 14.3. The van der Waals surface area contributed by atoms with Gasteiger partial charge in [0.15, 0.2) is 0 Å². The number of benzene rings is 1. The van der Waals surface area contributed by atoms with Crippen molar-refractivity contribution in [2.24, 2.45) is 0 Å². The number of carboxylic acids is 1. The second-order valence-corrected chi connectivity index (χ2v) is 6.37. The van der Waals surface area contributed by atoms with Gasteiger partial charge < -0.3 is 5.11 Å². The third kappa shape index (κ3) is 2.57. The molecule has 9 heteroatoms. The average Bonchev–Trinajstić information content (AvgIpc) is 2.37. The lowest BCUT2D eigenvalue weighted by Crippen LogP contribution is -2.38. The minimum atomic E-state index is -3.57. The molecule has 1 saturated heterocycles. The molecule has 1 aromatic rings. The van der Waals surface area contributed by atoms with E-state index in [4.69, 9.17) is 5.11 Å². The van der Waals surface area contributed by atoms with Crippen LogP contribution >= 0.6 is 0 Å². The van der Waals surface area contributed by atoms with Crippen LogP contribution in [0.4, 0.5) is 11.4 Å². The number of hydrogen-bond donors (Lipinski definition) is 1. The molecular formula is C11H12N2O6S. The van der Waals surface area contributed by atoms with Crippen molar-refractivity contribution in [1.29, 1.82) is 0 Å². The van der Waals surface area contributed by atoms with E-state index in [1.807, 2.05) is 0 Å². The molecule has 8 nitrogen and oxygen atoms in total. The van der Waals surface area contributed by atoms with Crippen molar-refractivity contribution in [3.05, 3.63) is 33.9 Å². The number of non-ortho nitro benzene ring substituents is 1. The molecule has 1 heterocycles. The van der Waals surface area contributed by atoms with E-state index in [1.54, 1.807) is 0 Å². The van der Waals surface area contributed by atoms with Crippen molar-refractivity contribution in [3.8, 4) is 0 Å². The van der Waals surface area contributed by atoms with Crippen molar-refractivity contribution in [1.82, 2.24) is 0 Å². The lowest BCUT2D eigenvalue weighted by Gasteiger charge is -2.29. The molecule has 0 amide bonds. The number of carboxylic acid groups (broad SMARTS) is 1. The van der Waals surface area contributed by atoms with Gasteiger partial charge in [0.1, 0.15) is 0 Å². The molecule has 0 aromatic heterocycles. The number of nitro groups is 1. The van der Waals surface area contributed by atoms with Gasteiger partial charge in [0.25, 0.3) is 5.69 Å². The lowest BCUT2D eigenvalue weighted by atomic mass is 10.1. The Bertz CT molecular complexity index is 669. The molecule has 1 aliphatic rings. The number of carbonyl (C=O) groups is 1. The molecule has 1 N–H and O–H groups in total. The van der Waals surface area contributed by atoms with E-state index in [-0.39, 0.29) is 29.2 Å². The molecule has 1 aliphatic heterocycles. The van der Waals surface area contributed by atoms with Gasteiger partial charge in [0.2, 0.25) is 10.0 Å². The maximum absolute atomic E-state index is 12.0. The Labute approximate surface area is 114 Å². The van der Waals surface area contributed by atoms with E-state index in [0.717, 1.165) is 16.4 Å². The second-order valence-electron chi connectivity index (χ2n) is 4.36. The molecular weight excluding hydrogens is 288 g/mol. The van der Waals surface area contributed by atoms with Crippen LogP contribution in [0, 0.1) is 10.1 Å². The first-order chi connectivity index (χ1) is 9.33. The van der Waals surface area contributed by atoms with E-state index < -0.39 is 20.9 Å². The number of sulfonamides is 1. The summed E-state index contributed by atoms with van der Waals surface area (Å²) in [7, 11) is -3.57. The minimum absolute atomic E-state index is 0.0252.